The topological polar surface area (TPSA) is 118 Å². The van der Waals surface area contributed by atoms with E-state index in [4.69, 9.17) is 9.47 Å². The number of alkyl halides is 1. The van der Waals surface area contributed by atoms with E-state index in [0.717, 1.165) is 12.8 Å². The first kappa shape index (κ1) is 32.1. The molecule has 3 amide bonds. The van der Waals surface area contributed by atoms with Gasteiger partial charge in [-0.25, -0.2) is 27.9 Å². The first-order valence-electron chi connectivity index (χ1n) is 15.1. The second-order valence-electron chi connectivity index (χ2n) is 13.7. The van der Waals surface area contributed by atoms with Crippen LogP contribution >= 0.6 is 0 Å². The number of nitrogens with one attached hydrogen (secondary N) is 1. The summed E-state index contributed by atoms with van der Waals surface area (Å²) in [6.07, 6.45) is 1.21. The molecule has 3 aromatic rings. The SMILES string of the molecule is CC(C)(C)OC(=O)N(CC1CC1)c1ccc2ncc(-c3ccc(C(=O)NC[C@@H]4C[C@H](F)CN4C(=O)OC(C)(C)C)c(F)c3)n2n1. The maximum Gasteiger partial charge on any atom is 0.416 e. The first-order chi connectivity index (χ1) is 21.1. The normalized spacial score (nSPS) is 18.6. The van der Waals surface area contributed by atoms with Crippen molar-refractivity contribution in [2.45, 2.75) is 84.2 Å². The van der Waals surface area contributed by atoms with E-state index in [2.05, 4.69) is 15.4 Å². The van der Waals surface area contributed by atoms with Gasteiger partial charge in [-0.2, -0.15) is 0 Å². The molecule has 3 heterocycles. The van der Waals surface area contributed by atoms with Crippen LogP contribution in [-0.4, -0.2) is 80.6 Å². The van der Waals surface area contributed by atoms with Gasteiger partial charge >= 0.3 is 12.2 Å². The zero-order valence-electron chi connectivity index (χ0n) is 26.5. The zero-order valence-corrected chi connectivity index (χ0v) is 26.5. The highest BCUT2D eigenvalue weighted by Gasteiger charge is 2.38. The smallest absolute Gasteiger partial charge is 0.416 e. The number of carbonyl (C=O) groups is 3. The van der Waals surface area contributed by atoms with E-state index in [1.54, 1.807) is 59.7 Å². The summed E-state index contributed by atoms with van der Waals surface area (Å²) in [6, 6.07) is 6.93. The summed E-state index contributed by atoms with van der Waals surface area (Å²) in [5.74, 6) is -0.726. The number of amides is 3. The fourth-order valence-corrected chi connectivity index (χ4v) is 5.10. The lowest BCUT2D eigenvalue weighted by Gasteiger charge is -2.28. The Hall–Kier alpha value is -4.29. The van der Waals surface area contributed by atoms with E-state index in [1.807, 2.05) is 0 Å². The van der Waals surface area contributed by atoms with Crippen molar-refractivity contribution >= 4 is 29.6 Å². The minimum atomic E-state index is -1.25. The monoisotopic (exact) mass is 626 g/mol. The van der Waals surface area contributed by atoms with Crippen molar-refractivity contribution in [2.24, 2.45) is 5.92 Å². The van der Waals surface area contributed by atoms with Gasteiger partial charge in [0, 0.05) is 25.1 Å². The number of likely N-dealkylation sites (tertiary alicyclic amines) is 1. The molecule has 242 valence electrons. The van der Waals surface area contributed by atoms with Crippen LogP contribution in [0.2, 0.25) is 0 Å². The average molecular weight is 627 g/mol. The standard InChI is InChI=1S/C32H40F2N6O5/c1-31(2,3)44-29(42)38-18-21(33)14-22(38)15-36-28(41)23-10-9-20(13-24(23)34)25-16-35-26-11-12-27(37-40(25)26)39(17-19-7-8-19)30(43)45-32(4,5)6/h9-13,16,19,21-22H,7-8,14-15,17-18H2,1-6H3,(H,36,41)/t21-,22-/m0/s1. The number of carbonyl (C=O) groups excluding carboxylic acids is 3. The number of benzene rings is 1. The fraction of sp³-hybridized carbons (Fsp3) is 0.531. The highest BCUT2D eigenvalue weighted by Crippen LogP contribution is 2.32. The molecule has 1 N–H and O–H groups in total. The van der Waals surface area contributed by atoms with Gasteiger partial charge in [0.2, 0.25) is 0 Å². The van der Waals surface area contributed by atoms with Crippen molar-refractivity contribution in [3.8, 4) is 11.3 Å². The molecule has 45 heavy (non-hydrogen) atoms. The molecular weight excluding hydrogens is 586 g/mol. The lowest BCUT2D eigenvalue weighted by Crippen LogP contribution is -2.45. The van der Waals surface area contributed by atoms with Gasteiger partial charge in [-0.1, -0.05) is 6.07 Å². The number of hydrogen-bond acceptors (Lipinski definition) is 7. The number of halogens is 2. The van der Waals surface area contributed by atoms with Crippen LogP contribution in [-0.2, 0) is 9.47 Å². The van der Waals surface area contributed by atoms with Crippen LogP contribution in [0, 0.1) is 11.7 Å². The summed E-state index contributed by atoms with van der Waals surface area (Å²) < 4.78 is 42.1. The quantitative estimate of drug-likeness (QED) is 0.354. The van der Waals surface area contributed by atoms with E-state index < -0.39 is 47.3 Å². The molecule has 0 unspecified atom stereocenters. The molecule has 1 saturated carbocycles. The molecule has 2 fully saturated rings. The second-order valence-corrected chi connectivity index (χ2v) is 13.7. The van der Waals surface area contributed by atoms with Gasteiger partial charge in [0.05, 0.1) is 30.0 Å². The molecule has 0 radical (unpaired) electrons. The molecule has 1 aliphatic carbocycles. The van der Waals surface area contributed by atoms with Crippen molar-refractivity contribution < 1.29 is 32.6 Å². The Morgan fingerprint density at radius 1 is 1.04 bits per heavy atom. The Morgan fingerprint density at radius 2 is 1.76 bits per heavy atom. The summed E-state index contributed by atoms with van der Waals surface area (Å²) in [5, 5.41) is 7.29. The molecule has 11 nitrogen and oxygen atoms in total. The van der Waals surface area contributed by atoms with Crippen LogP contribution < -0.4 is 10.2 Å². The maximum atomic E-state index is 15.3. The summed E-state index contributed by atoms with van der Waals surface area (Å²) in [7, 11) is 0. The van der Waals surface area contributed by atoms with Crippen LogP contribution in [0.3, 0.4) is 0 Å². The summed E-state index contributed by atoms with van der Waals surface area (Å²) in [4.78, 5) is 45.7. The third-order valence-corrected chi connectivity index (χ3v) is 7.38. The molecule has 1 aromatic carbocycles. The Kier molecular flexibility index (Phi) is 8.74. The van der Waals surface area contributed by atoms with Gasteiger partial charge in [-0.3, -0.25) is 9.69 Å². The van der Waals surface area contributed by atoms with Crippen LogP contribution in [0.4, 0.5) is 24.2 Å². The summed E-state index contributed by atoms with van der Waals surface area (Å²) in [6.45, 7) is 10.8. The van der Waals surface area contributed by atoms with E-state index in [9.17, 15) is 18.8 Å². The van der Waals surface area contributed by atoms with E-state index in [0.29, 0.717) is 35.2 Å². The largest absolute Gasteiger partial charge is 0.444 e. The van der Waals surface area contributed by atoms with Crippen molar-refractivity contribution in [1.82, 2.24) is 24.8 Å². The number of imidazole rings is 1. The second kappa shape index (κ2) is 12.2. The highest BCUT2D eigenvalue weighted by molar-refractivity contribution is 5.95. The minimum absolute atomic E-state index is 0.0379. The van der Waals surface area contributed by atoms with E-state index >= 15 is 4.39 Å². The number of nitrogens with zero attached hydrogens (tertiary/aromatic N) is 5. The van der Waals surface area contributed by atoms with Crippen molar-refractivity contribution in [3.63, 3.8) is 0 Å². The fourth-order valence-electron chi connectivity index (χ4n) is 5.10. The predicted octanol–water partition coefficient (Wildman–Crippen LogP) is 5.76. The highest BCUT2D eigenvalue weighted by atomic mass is 19.1. The minimum Gasteiger partial charge on any atom is -0.444 e. The Bertz CT molecular complexity index is 1590. The predicted molar refractivity (Wildman–Crippen MR) is 163 cm³/mol. The van der Waals surface area contributed by atoms with Gasteiger partial charge < -0.3 is 19.7 Å². The van der Waals surface area contributed by atoms with Gasteiger partial charge in [0.25, 0.3) is 5.91 Å². The maximum absolute atomic E-state index is 15.3. The van der Waals surface area contributed by atoms with Gasteiger partial charge in [-0.05, 0) is 84.6 Å². The third kappa shape index (κ3) is 7.87. The number of hydrogen-bond donors (Lipinski definition) is 1. The van der Waals surface area contributed by atoms with Crippen molar-refractivity contribution in [1.29, 1.82) is 0 Å². The van der Waals surface area contributed by atoms with Gasteiger partial charge in [-0.15, -0.1) is 5.10 Å². The zero-order chi connectivity index (χ0) is 32.7. The molecule has 1 aliphatic heterocycles. The average Bonchev–Trinajstić information content (AvgIpc) is 3.53. The van der Waals surface area contributed by atoms with Crippen LogP contribution in [0.15, 0.2) is 36.5 Å². The van der Waals surface area contributed by atoms with E-state index in [1.165, 1.54) is 32.6 Å². The van der Waals surface area contributed by atoms with Crippen LogP contribution in [0.5, 0.6) is 0 Å². The number of anilines is 1. The van der Waals surface area contributed by atoms with Gasteiger partial charge in [0.15, 0.2) is 11.5 Å². The first-order valence-corrected chi connectivity index (χ1v) is 15.1. The number of rotatable bonds is 7. The molecule has 0 spiro atoms. The number of ether oxygens (including phenoxy) is 2. The third-order valence-electron chi connectivity index (χ3n) is 7.38. The Balaban J connectivity index is 1.32. The molecular formula is C32H40F2N6O5. The van der Waals surface area contributed by atoms with Crippen LogP contribution in [0.25, 0.3) is 16.9 Å². The van der Waals surface area contributed by atoms with Crippen molar-refractivity contribution in [3.05, 3.63) is 47.9 Å². The lowest BCUT2D eigenvalue weighted by molar-refractivity contribution is 0.0217. The number of aromatic nitrogens is 3. The number of fused-ring (bicyclic) bond motifs is 1. The molecule has 13 heteroatoms. The molecule has 5 rings (SSSR count). The summed E-state index contributed by atoms with van der Waals surface area (Å²) in [5.41, 5.74) is -0.278. The van der Waals surface area contributed by atoms with Crippen LogP contribution in [0.1, 0.15) is 71.2 Å². The lowest BCUT2D eigenvalue weighted by atomic mass is 10.1. The van der Waals surface area contributed by atoms with E-state index in [-0.39, 0.29) is 25.1 Å². The van der Waals surface area contributed by atoms with Crippen molar-refractivity contribution in [2.75, 3.05) is 24.5 Å². The Labute approximate surface area is 260 Å². The molecule has 0 bridgehead atoms. The molecule has 2 aromatic heterocycles. The molecule has 2 atom stereocenters. The molecule has 1 saturated heterocycles. The van der Waals surface area contributed by atoms with Gasteiger partial charge in [0.1, 0.15) is 23.2 Å². The summed E-state index contributed by atoms with van der Waals surface area (Å²) >= 11 is 0. The molecule has 2 aliphatic rings. The Morgan fingerprint density at radius 3 is 2.40 bits per heavy atom.